The quantitative estimate of drug-likeness (QED) is 0.881. The minimum absolute atomic E-state index is 0.0944. The Labute approximate surface area is 146 Å². The Bertz CT molecular complexity index is 796. The third kappa shape index (κ3) is 2.33. The zero-order valence-electron chi connectivity index (χ0n) is 14.3. The molecule has 4 aliphatic carbocycles. The predicted molar refractivity (Wildman–Crippen MR) is 90.1 cm³/mol. The highest BCUT2D eigenvalue weighted by molar-refractivity contribution is 5.97. The van der Waals surface area contributed by atoms with Crippen molar-refractivity contribution in [2.45, 2.75) is 43.7 Å². The topological polar surface area (TPSA) is 85.0 Å². The molecule has 4 saturated carbocycles. The first-order valence-corrected chi connectivity index (χ1v) is 9.08. The van der Waals surface area contributed by atoms with Crippen LogP contribution in [0.15, 0.2) is 24.7 Å². The van der Waals surface area contributed by atoms with Crippen molar-refractivity contribution in [3.63, 3.8) is 0 Å². The van der Waals surface area contributed by atoms with Crippen LogP contribution in [0.4, 0.5) is 0 Å². The maximum Gasteiger partial charge on any atom is 0.256 e. The summed E-state index contributed by atoms with van der Waals surface area (Å²) in [4.78, 5) is 13.0. The minimum atomic E-state index is -0.480. The first kappa shape index (κ1) is 15.1. The number of aryl methyl sites for hydroxylation is 1. The molecule has 0 saturated heterocycles. The fourth-order valence-electron chi connectivity index (χ4n) is 5.70. The SMILES string of the molecule is Cn1ncc(C(=O)NC2[C@H]3CC4C[C@H]2CC(O)(C4)C3)c1-n1cccn1. The molecule has 2 aromatic heterocycles. The molecule has 132 valence electrons. The third-order valence-corrected chi connectivity index (χ3v) is 6.41. The molecule has 0 aromatic carbocycles. The number of aliphatic hydroxyl groups is 1. The monoisotopic (exact) mass is 341 g/mol. The standard InChI is InChI=1S/C18H23N5O2/c1-22-17(23-4-2-3-19-23)14(10-20-22)16(24)21-15-12-5-11-6-13(15)9-18(25,7-11)8-12/h2-4,10-13,15,25H,5-9H2,1H3,(H,21,24)/t11?,12-,13-,15?,18?/m0/s1. The van der Waals surface area contributed by atoms with E-state index in [1.54, 1.807) is 21.8 Å². The largest absolute Gasteiger partial charge is 0.390 e. The van der Waals surface area contributed by atoms with Crippen molar-refractivity contribution in [3.05, 3.63) is 30.2 Å². The highest BCUT2D eigenvalue weighted by atomic mass is 16.3. The molecule has 0 unspecified atom stereocenters. The first-order chi connectivity index (χ1) is 12.0. The van der Waals surface area contributed by atoms with Gasteiger partial charge < -0.3 is 10.4 Å². The summed E-state index contributed by atoms with van der Waals surface area (Å²) in [6.45, 7) is 0. The van der Waals surface area contributed by atoms with Gasteiger partial charge in [0.15, 0.2) is 5.82 Å². The molecule has 0 aliphatic heterocycles. The van der Waals surface area contributed by atoms with Crippen molar-refractivity contribution in [2.24, 2.45) is 24.8 Å². The van der Waals surface area contributed by atoms with Crippen LogP contribution in [0.1, 0.15) is 42.5 Å². The first-order valence-electron chi connectivity index (χ1n) is 9.08. The van der Waals surface area contributed by atoms with E-state index >= 15 is 0 Å². The number of aromatic nitrogens is 4. The minimum Gasteiger partial charge on any atom is -0.390 e. The van der Waals surface area contributed by atoms with Crippen molar-refractivity contribution >= 4 is 5.91 Å². The number of hydrogen-bond donors (Lipinski definition) is 2. The molecule has 2 N–H and O–H groups in total. The molecule has 1 amide bonds. The van der Waals surface area contributed by atoms with Gasteiger partial charge in [-0.15, -0.1) is 0 Å². The number of nitrogens with zero attached hydrogens (tertiary/aromatic N) is 4. The van der Waals surface area contributed by atoms with Crippen molar-refractivity contribution in [1.29, 1.82) is 0 Å². The van der Waals surface area contributed by atoms with E-state index in [1.165, 1.54) is 0 Å². The van der Waals surface area contributed by atoms with Gasteiger partial charge >= 0.3 is 0 Å². The second-order valence-corrected chi connectivity index (χ2v) is 8.15. The normalized spacial score (nSPS) is 35.9. The molecule has 0 spiro atoms. The van der Waals surface area contributed by atoms with Crippen molar-refractivity contribution in [1.82, 2.24) is 24.9 Å². The number of carbonyl (C=O) groups excluding carboxylic acids is 1. The van der Waals surface area contributed by atoms with E-state index in [0.29, 0.717) is 29.1 Å². The van der Waals surface area contributed by atoms with Gasteiger partial charge in [-0.05, 0) is 55.9 Å². The Kier molecular flexibility index (Phi) is 3.13. The fraction of sp³-hybridized carbons (Fsp3) is 0.611. The Balaban J connectivity index is 1.40. The summed E-state index contributed by atoms with van der Waals surface area (Å²) in [5, 5.41) is 22.5. The van der Waals surface area contributed by atoms with E-state index in [4.69, 9.17) is 0 Å². The lowest BCUT2D eigenvalue weighted by atomic mass is 9.52. The fourth-order valence-corrected chi connectivity index (χ4v) is 5.70. The summed E-state index contributed by atoms with van der Waals surface area (Å²) in [7, 11) is 1.81. The van der Waals surface area contributed by atoms with Crippen LogP contribution in [0.3, 0.4) is 0 Å². The Morgan fingerprint density at radius 2 is 2.04 bits per heavy atom. The zero-order valence-corrected chi connectivity index (χ0v) is 14.3. The summed E-state index contributed by atoms with van der Waals surface area (Å²) in [5.74, 6) is 2.00. The molecule has 4 aliphatic rings. The molecule has 25 heavy (non-hydrogen) atoms. The van der Waals surface area contributed by atoms with Crippen LogP contribution < -0.4 is 5.32 Å². The van der Waals surface area contributed by atoms with E-state index in [-0.39, 0.29) is 11.9 Å². The van der Waals surface area contributed by atoms with Gasteiger partial charge in [-0.2, -0.15) is 10.2 Å². The van der Waals surface area contributed by atoms with Gasteiger partial charge in [0.25, 0.3) is 5.91 Å². The lowest BCUT2D eigenvalue weighted by Gasteiger charge is -2.58. The highest BCUT2D eigenvalue weighted by Gasteiger charge is 2.55. The lowest BCUT2D eigenvalue weighted by Crippen LogP contribution is -2.61. The Morgan fingerprint density at radius 1 is 1.28 bits per heavy atom. The van der Waals surface area contributed by atoms with Crippen molar-refractivity contribution in [3.8, 4) is 5.82 Å². The molecule has 6 rings (SSSR count). The van der Waals surface area contributed by atoms with Gasteiger partial charge in [-0.3, -0.25) is 9.48 Å². The predicted octanol–water partition coefficient (Wildman–Crippen LogP) is 1.28. The smallest absolute Gasteiger partial charge is 0.256 e. The Hall–Kier alpha value is -2.15. The third-order valence-electron chi connectivity index (χ3n) is 6.41. The molecule has 7 heteroatoms. The zero-order chi connectivity index (χ0) is 17.2. The summed E-state index contributed by atoms with van der Waals surface area (Å²) < 4.78 is 3.34. The van der Waals surface area contributed by atoms with Gasteiger partial charge in [-0.1, -0.05) is 0 Å². The summed E-state index contributed by atoms with van der Waals surface area (Å²) in [6.07, 6.45) is 9.96. The average molecular weight is 341 g/mol. The van der Waals surface area contributed by atoms with Crippen LogP contribution >= 0.6 is 0 Å². The van der Waals surface area contributed by atoms with E-state index in [9.17, 15) is 9.90 Å². The molecule has 4 fully saturated rings. The summed E-state index contributed by atoms with van der Waals surface area (Å²) >= 11 is 0. The number of amides is 1. The lowest BCUT2D eigenvalue weighted by molar-refractivity contribution is -0.136. The van der Waals surface area contributed by atoms with Crippen LogP contribution in [0, 0.1) is 17.8 Å². The van der Waals surface area contributed by atoms with Gasteiger partial charge in [-0.25, -0.2) is 4.68 Å². The average Bonchev–Trinajstić information content (AvgIpc) is 3.18. The van der Waals surface area contributed by atoms with Gasteiger partial charge in [0.2, 0.25) is 0 Å². The van der Waals surface area contributed by atoms with Crippen LogP contribution in [0.2, 0.25) is 0 Å². The number of carbonyl (C=O) groups is 1. The van der Waals surface area contributed by atoms with Crippen LogP contribution in [0.25, 0.3) is 5.82 Å². The van der Waals surface area contributed by atoms with Gasteiger partial charge in [0.05, 0.1) is 11.8 Å². The van der Waals surface area contributed by atoms with Gasteiger partial charge in [0.1, 0.15) is 5.56 Å². The second-order valence-electron chi connectivity index (χ2n) is 8.15. The van der Waals surface area contributed by atoms with E-state index in [2.05, 4.69) is 15.5 Å². The van der Waals surface area contributed by atoms with Crippen molar-refractivity contribution in [2.75, 3.05) is 0 Å². The maximum absolute atomic E-state index is 13.0. The second kappa shape index (κ2) is 5.17. The van der Waals surface area contributed by atoms with E-state index in [0.717, 1.165) is 32.1 Å². The molecule has 0 radical (unpaired) electrons. The molecule has 2 heterocycles. The maximum atomic E-state index is 13.0. The number of rotatable bonds is 3. The Morgan fingerprint density at radius 3 is 2.68 bits per heavy atom. The van der Waals surface area contributed by atoms with Crippen LogP contribution in [0.5, 0.6) is 0 Å². The molecular formula is C18H23N5O2. The van der Waals surface area contributed by atoms with E-state index < -0.39 is 5.60 Å². The van der Waals surface area contributed by atoms with Crippen LogP contribution in [-0.4, -0.2) is 42.2 Å². The highest BCUT2D eigenvalue weighted by Crippen LogP contribution is 2.55. The van der Waals surface area contributed by atoms with Crippen LogP contribution in [-0.2, 0) is 7.05 Å². The number of nitrogens with one attached hydrogen (secondary N) is 1. The molecule has 4 bridgehead atoms. The number of hydrogen-bond acceptors (Lipinski definition) is 4. The molecule has 2 aromatic rings. The van der Waals surface area contributed by atoms with Gasteiger partial charge in [0, 0.05) is 25.5 Å². The van der Waals surface area contributed by atoms with E-state index in [1.807, 2.05) is 19.3 Å². The molecular weight excluding hydrogens is 318 g/mol. The van der Waals surface area contributed by atoms with Crippen molar-refractivity contribution < 1.29 is 9.90 Å². The molecule has 2 atom stereocenters. The summed E-state index contributed by atoms with van der Waals surface area (Å²) in [6, 6.07) is 1.99. The summed E-state index contributed by atoms with van der Waals surface area (Å²) in [5.41, 5.74) is 0.0606. The molecule has 7 nitrogen and oxygen atoms in total.